The number of carboxylic acids is 1. The van der Waals surface area contributed by atoms with Gasteiger partial charge in [-0.2, -0.15) is 0 Å². The van der Waals surface area contributed by atoms with Gasteiger partial charge in [0.05, 0.1) is 30.5 Å². The van der Waals surface area contributed by atoms with Crippen LogP contribution in [0.5, 0.6) is 0 Å². The van der Waals surface area contributed by atoms with E-state index in [0.29, 0.717) is 19.7 Å². The number of hydrogen-bond acceptors (Lipinski definition) is 5. The zero-order valence-corrected chi connectivity index (χ0v) is 17.6. The summed E-state index contributed by atoms with van der Waals surface area (Å²) in [4.78, 5) is 29.4. The first-order valence-corrected chi connectivity index (χ1v) is 10.1. The molecule has 0 aliphatic carbocycles. The minimum absolute atomic E-state index is 0.0438. The SMILES string of the molecule is CC(C)(C)OC(=O)N1CCOC(CCc2ccnc(-c3ccc(C(=O)O)cc3)c2)C1. The van der Waals surface area contributed by atoms with Gasteiger partial charge in [0, 0.05) is 18.3 Å². The molecular weight excluding hydrogens is 384 g/mol. The minimum atomic E-state index is -0.948. The second kappa shape index (κ2) is 9.26. The monoisotopic (exact) mass is 412 g/mol. The molecule has 3 rings (SSSR count). The Balaban J connectivity index is 1.59. The van der Waals surface area contributed by atoms with E-state index in [9.17, 15) is 9.59 Å². The number of aromatic nitrogens is 1. The van der Waals surface area contributed by atoms with Crippen molar-refractivity contribution in [3.8, 4) is 11.3 Å². The first-order valence-electron chi connectivity index (χ1n) is 10.1. The fraction of sp³-hybridized carbons (Fsp3) is 0.435. The number of ether oxygens (including phenoxy) is 2. The Morgan fingerprint density at radius 3 is 2.63 bits per heavy atom. The first kappa shape index (κ1) is 21.8. The third kappa shape index (κ3) is 6.03. The third-order valence-corrected chi connectivity index (χ3v) is 4.80. The lowest BCUT2D eigenvalue weighted by Gasteiger charge is -2.34. The molecule has 1 atom stereocenters. The standard InChI is InChI=1S/C23H28N2O5/c1-23(2,3)30-22(28)25-12-13-29-19(15-25)9-4-16-10-11-24-20(14-16)17-5-7-18(8-6-17)21(26)27/h5-8,10-11,14,19H,4,9,12-13,15H2,1-3H3,(H,26,27). The molecule has 1 aliphatic heterocycles. The molecule has 1 saturated heterocycles. The highest BCUT2D eigenvalue weighted by Gasteiger charge is 2.27. The molecule has 1 amide bonds. The average molecular weight is 412 g/mol. The maximum atomic E-state index is 12.3. The smallest absolute Gasteiger partial charge is 0.410 e. The van der Waals surface area contributed by atoms with Crippen LogP contribution in [0.3, 0.4) is 0 Å². The van der Waals surface area contributed by atoms with Crippen molar-refractivity contribution in [1.29, 1.82) is 0 Å². The molecule has 1 aromatic heterocycles. The Kier molecular flexibility index (Phi) is 6.72. The van der Waals surface area contributed by atoms with Crippen LogP contribution in [0.25, 0.3) is 11.3 Å². The van der Waals surface area contributed by atoms with Crippen molar-refractivity contribution < 1.29 is 24.2 Å². The zero-order valence-electron chi connectivity index (χ0n) is 17.6. The Morgan fingerprint density at radius 2 is 1.97 bits per heavy atom. The molecule has 0 saturated carbocycles. The summed E-state index contributed by atoms with van der Waals surface area (Å²) in [5, 5.41) is 9.03. The molecule has 0 spiro atoms. The van der Waals surface area contributed by atoms with Crippen molar-refractivity contribution in [2.45, 2.75) is 45.3 Å². The summed E-state index contributed by atoms with van der Waals surface area (Å²) >= 11 is 0. The van der Waals surface area contributed by atoms with Crippen LogP contribution < -0.4 is 0 Å². The summed E-state index contributed by atoms with van der Waals surface area (Å²) in [5.74, 6) is -0.948. The van der Waals surface area contributed by atoms with Gasteiger partial charge in [0.2, 0.25) is 0 Å². The van der Waals surface area contributed by atoms with E-state index < -0.39 is 11.6 Å². The number of carbonyl (C=O) groups is 2. The molecule has 2 aromatic rings. The van der Waals surface area contributed by atoms with Crippen molar-refractivity contribution >= 4 is 12.1 Å². The van der Waals surface area contributed by atoms with E-state index in [0.717, 1.165) is 29.7 Å². The van der Waals surface area contributed by atoms with Gasteiger partial charge in [0.15, 0.2) is 0 Å². The number of aryl methyl sites for hydroxylation is 1. The summed E-state index contributed by atoms with van der Waals surface area (Å²) in [6.07, 6.45) is 2.98. The summed E-state index contributed by atoms with van der Waals surface area (Å²) in [6, 6.07) is 10.6. The van der Waals surface area contributed by atoms with Crippen molar-refractivity contribution in [3.63, 3.8) is 0 Å². The molecule has 1 fully saturated rings. The summed E-state index contributed by atoms with van der Waals surface area (Å²) in [7, 11) is 0. The van der Waals surface area contributed by atoms with Gasteiger partial charge in [-0.25, -0.2) is 9.59 Å². The Labute approximate surface area is 176 Å². The molecule has 2 heterocycles. The maximum absolute atomic E-state index is 12.3. The molecular formula is C23H28N2O5. The number of carboxylic acid groups (broad SMARTS) is 1. The Bertz CT molecular complexity index is 889. The number of aromatic carboxylic acids is 1. The molecule has 1 N–H and O–H groups in total. The van der Waals surface area contributed by atoms with Gasteiger partial charge in [-0.15, -0.1) is 0 Å². The molecule has 0 radical (unpaired) electrons. The first-order chi connectivity index (χ1) is 14.2. The molecule has 1 aliphatic rings. The normalized spacial score (nSPS) is 16.9. The topological polar surface area (TPSA) is 89.0 Å². The number of carbonyl (C=O) groups excluding carboxylic acids is 1. The maximum Gasteiger partial charge on any atom is 0.410 e. The van der Waals surface area contributed by atoms with Gasteiger partial charge < -0.3 is 19.5 Å². The fourth-order valence-corrected chi connectivity index (χ4v) is 3.29. The van der Waals surface area contributed by atoms with E-state index in [4.69, 9.17) is 14.6 Å². The van der Waals surface area contributed by atoms with Gasteiger partial charge >= 0.3 is 12.1 Å². The lowest BCUT2D eigenvalue weighted by atomic mass is 10.0. The molecule has 30 heavy (non-hydrogen) atoms. The van der Waals surface area contributed by atoms with E-state index in [1.807, 2.05) is 32.9 Å². The zero-order chi connectivity index (χ0) is 21.7. The van der Waals surface area contributed by atoms with E-state index in [1.165, 1.54) is 0 Å². The highest BCUT2D eigenvalue weighted by atomic mass is 16.6. The van der Waals surface area contributed by atoms with E-state index in [-0.39, 0.29) is 17.8 Å². The second-order valence-corrected chi connectivity index (χ2v) is 8.39. The van der Waals surface area contributed by atoms with Crippen LogP contribution in [-0.2, 0) is 15.9 Å². The van der Waals surface area contributed by atoms with Crippen LogP contribution in [0.2, 0.25) is 0 Å². The van der Waals surface area contributed by atoms with Crippen molar-refractivity contribution in [3.05, 3.63) is 53.7 Å². The molecule has 0 bridgehead atoms. The highest BCUT2D eigenvalue weighted by Crippen LogP contribution is 2.21. The number of morpholine rings is 1. The lowest BCUT2D eigenvalue weighted by Crippen LogP contribution is -2.47. The van der Waals surface area contributed by atoms with Crippen LogP contribution in [0, 0.1) is 0 Å². The quantitative estimate of drug-likeness (QED) is 0.798. The van der Waals surface area contributed by atoms with Crippen molar-refractivity contribution in [2.75, 3.05) is 19.7 Å². The van der Waals surface area contributed by atoms with E-state index in [2.05, 4.69) is 4.98 Å². The largest absolute Gasteiger partial charge is 0.478 e. The number of nitrogens with zero attached hydrogens (tertiary/aromatic N) is 2. The van der Waals surface area contributed by atoms with Crippen LogP contribution in [0.15, 0.2) is 42.6 Å². The number of amides is 1. The summed E-state index contributed by atoms with van der Waals surface area (Å²) < 4.78 is 11.3. The summed E-state index contributed by atoms with van der Waals surface area (Å²) in [6.45, 7) is 7.14. The molecule has 7 nitrogen and oxygen atoms in total. The van der Waals surface area contributed by atoms with Crippen molar-refractivity contribution in [2.24, 2.45) is 0 Å². The minimum Gasteiger partial charge on any atom is -0.478 e. The van der Waals surface area contributed by atoms with Gasteiger partial charge in [-0.05, 0) is 63.4 Å². The molecule has 1 aromatic carbocycles. The number of benzene rings is 1. The second-order valence-electron chi connectivity index (χ2n) is 8.39. The van der Waals surface area contributed by atoms with Crippen LogP contribution in [0.1, 0.15) is 43.1 Å². The van der Waals surface area contributed by atoms with Crippen LogP contribution >= 0.6 is 0 Å². The van der Waals surface area contributed by atoms with Gasteiger partial charge in [-0.1, -0.05) is 12.1 Å². The molecule has 1 unspecified atom stereocenters. The third-order valence-electron chi connectivity index (χ3n) is 4.80. The number of rotatable bonds is 5. The van der Waals surface area contributed by atoms with Gasteiger partial charge in [0.25, 0.3) is 0 Å². The number of pyridine rings is 1. The number of hydrogen-bond donors (Lipinski definition) is 1. The van der Waals surface area contributed by atoms with Crippen LogP contribution in [-0.4, -0.2) is 58.5 Å². The van der Waals surface area contributed by atoms with E-state index in [1.54, 1.807) is 35.4 Å². The highest BCUT2D eigenvalue weighted by molar-refractivity contribution is 5.88. The predicted octanol–water partition coefficient (Wildman–Crippen LogP) is 4.02. The van der Waals surface area contributed by atoms with Gasteiger partial charge in [0.1, 0.15) is 5.60 Å². The fourth-order valence-electron chi connectivity index (χ4n) is 3.29. The lowest BCUT2D eigenvalue weighted by molar-refractivity contribution is -0.0443. The molecule has 7 heteroatoms. The van der Waals surface area contributed by atoms with E-state index >= 15 is 0 Å². The van der Waals surface area contributed by atoms with Gasteiger partial charge in [-0.3, -0.25) is 4.98 Å². The average Bonchev–Trinajstić information content (AvgIpc) is 2.71. The Morgan fingerprint density at radius 1 is 1.23 bits per heavy atom. The summed E-state index contributed by atoms with van der Waals surface area (Å²) in [5.41, 5.74) is 2.51. The van der Waals surface area contributed by atoms with Crippen molar-refractivity contribution in [1.82, 2.24) is 9.88 Å². The predicted molar refractivity (Wildman–Crippen MR) is 113 cm³/mol. The van der Waals surface area contributed by atoms with Crippen LogP contribution in [0.4, 0.5) is 4.79 Å². The molecule has 160 valence electrons. The Hall–Kier alpha value is -2.93.